The molecule has 0 fully saturated rings. The van der Waals surface area contributed by atoms with E-state index in [-0.39, 0.29) is 0 Å². The van der Waals surface area contributed by atoms with Crippen molar-refractivity contribution in [3.05, 3.63) is 315 Å². The third-order valence-corrected chi connectivity index (χ3v) is 19.2. The Labute approximate surface area is 508 Å². The lowest BCUT2D eigenvalue weighted by atomic mass is 9.84. The second kappa shape index (κ2) is 19.0. The first-order valence-electron chi connectivity index (χ1n) is 30.6. The van der Waals surface area contributed by atoms with Crippen LogP contribution in [-0.4, -0.2) is 9.13 Å². The second-order valence-corrected chi connectivity index (χ2v) is 23.8. The molecule has 0 atom stereocenters. The van der Waals surface area contributed by atoms with Crippen molar-refractivity contribution in [3.8, 4) is 78.7 Å². The maximum absolute atomic E-state index is 2.52. The van der Waals surface area contributed by atoms with Gasteiger partial charge in [0, 0.05) is 11.4 Å². The number of rotatable bonds is 8. The summed E-state index contributed by atoms with van der Waals surface area (Å²) in [4.78, 5) is 0. The van der Waals surface area contributed by atoms with E-state index in [1.807, 2.05) is 0 Å². The molecule has 2 nitrogen and oxygen atoms in total. The lowest BCUT2D eigenvalue weighted by molar-refractivity contribution is 1.10. The van der Waals surface area contributed by atoms with Crippen LogP contribution in [0.1, 0.15) is 0 Å². The van der Waals surface area contributed by atoms with Crippen LogP contribution in [-0.2, 0) is 0 Å². The molecule has 0 radical (unpaired) electrons. The van der Waals surface area contributed by atoms with E-state index in [1.54, 1.807) is 0 Å². The molecule has 17 aromatic carbocycles. The molecule has 0 saturated heterocycles. The van der Waals surface area contributed by atoms with Crippen LogP contribution in [0.25, 0.3) is 186 Å². The largest absolute Gasteiger partial charge is 0.309 e. The van der Waals surface area contributed by atoms with Crippen molar-refractivity contribution in [2.24, 2.45) is 0 Å². The monoisotopic (exact) mass is 1110 g/mol. The predicted octanol–water partition coefficient (Wildman–Crippen LogP) is 23.7. The molecular formula is C86H52N2. The lowest BCUT2D eigenvalue weighted by Crippen LogP contribution is -2.02. The van der Waals surface area contributed by atoms with Crippen LogP contribution in [0, 0.1) is 0 Å². The Balaban J connectivity index is 0.965. The van der Waals surface area contributed by atoms with Crippen molar-refractivity contribution >= 4 is 108 Å². The molecule has 0 bridgehead atoms. The van der Waals surface area contributed by atoms with Gasteiger partial charge in [0.2, 0.25) is 0 Å². The van der Waals surface area contributed by atoms with Crippen molar-refractivity contribution in [1.29, 1.82) is 0 Å². The molecule has 19 rings (SSSR count). The van der Waals surface area contributed by atoms with Crippen molar-refractivity contribution < 1.29 is 0 Å². The van der Waals surface area contributed by atoms with Gasteiger partial charge >= 0.3 is 0 Å². The van der Waals surface area contributed by atoms with Crippen LogP contribution in [0.15, 0.2) is 315 Å². The van der Waals surface area contributed by atoms with Crippen LogP contribution in [0.3, 0.4) is 0 Å². The third-order valence-electron chi connectivity index (χ3n) is 19.2. The van der Waals surface area contributed by atoms with Gasteiger partial charge < -0.3 is 9.13 Å². The number of aromatic nitrogens is 2. The first-order valence-corrected chi connectivity index (χ1v) is 30.6. The summed E-state index contributed by atoms with van der Waals surface area (Å²) in [6.07, 6.45) is 0. The number of nitrogens with zero attached hydrogens (tertiary/aromatic N) is 2. The molecule has 2 heterocycles. The minimum absolute atomic E-state index is 1.10. The van der Waals surface area contributed by atoms with Crippen LogP contribution in [0.2, 0.25) is 0 Å². The second-order valence-electron chi connectivity index (χ2n) is 23.8. The molecule has 2 aromatic heterocycles. The maximum Gasteiger partial charge on any atom is 0.0535 e. The third kappa shape index (κ3) is 7.18. The van der Waals surface area contributed by atoms with Gasteiger partial charge in [0.25, 0.3) is 0 Å². The van der Waals surface area contributed by atoms with E-state index in [9.17, 15) is 0 Å². The van der Waals surface area contributed by atoms with Crippen molar-refractivity contribution in [2.75, 3.05) is 0 Å². The zero-order chi connectivity index (χ0) is 57.6. The topological polar surface area (TPSA) is 9.86 Å². The number of benzene rings is 17. The molecule has 0 amide bonds. The highest BCUT2D eigenvalue weighted by molar-refractivity contribution is 6.36. The van der Waals surface area contributed by atoms with Gasteiger partial charge in [0.15, 0.2) is 0 Å². The van der Waals surface area contributed by atoms with Crippen LogP contribution < -0.4 is 0 Å². The summed E-state index contributed by atoms with van der Waals surface area (Å²) >= 11 is 0. The van der Waals surface area contributed by atoms with E-state index in [2.05, 4.69) is 325 Å². The van der Waals surface area contributed by atoms with Gasteiger partial charge in [-0.15, -0.1) is 0 Å². The van der Waals surface area contributed by atoms with Crippen LogP contribution in [0.4, 0.5) is 0 Å². The zero-order valence-corrected chi connectivity index (χ0v) is 47.9. The number of fused-ring (bicyclic) bond motifs is 6. The lowest BCUT2D eigenvalue weighted by Gasteiger charge is -2.22. The van der Waals surface area contributed by atoms with Gasteiger partial charge in [-0.05, 0) is 213 Å². The highest BCUT2D eigenvalue weighted by Gasteiger charge is 2.24. The summed E-state index contributed by atoms with van der Waals surface area (Å²) in [5.74, 6) is 0. The quantitative estimate of drug-likeness (QED) is 0.106. The molecule has 88 heavy (non-hydrogen) atoms. The van der Waals surface area contributed by atoms with E-state index < -0.39 is 0 Å². The Bertz CT molecular complexity index is 5420. The zero-order valence-electron chi connectivity index (χ0n) is 47.9. The molecule has 0 unspecified atom stereocenters. The van der Waals surface area contributed by atoms with E-state index in [0.717, 1.165) is 67.2 Å². The van der Waals surface area contributed by atoms with Gasteiger partial charge in [0.05, 0.1) is 22.8 Å². The van der Waals surface area contributed by atoms with Crippen molar-refractivity contribution in [1.82, 2.24) is 9.13 Å². The number of hydrogen-bond donors (Lipinski definition) is 0. The van der Waals surface area contributed by atoms with Crippen LogP contribution in [0.5, 0.6) is 0 Å². The highest BCUT2D eigenvalue weighted by Crippen LogP contribution is 2.50. The molecule has 0 aliphatic carbocycles. The number of hydrogen-bond acceptors (Lipinski definition) is 0. The van der Waals surface area contributed by atoms with Gasteiger partial charge in [-0.1, -0.05) is 255 Å². The fourth-order valence-corrected chi connectivity index (χ4v) is 15.4. The first-order chi connectivity index (χ1) is 43.7. The summed E-state index contributed by atoms with van der Waals surface area (Å²) < 4.78 is 4.99. The summed E-state index contributed by atoms with van der Waals surface area (Å²) in [5, 5.41) is 25.2. The van der Waals surface area contributed by atoms with E-state index in [4.69, 9.17) is 0 Å². The highest BCUT2D eigenvalue weighted by atomic mass is 15.0. The van der Waals surface area contributed by atoms with Crippen LogP contribution >= 0.6 is 0 Å². The van der Waals surface area contributed by atoms with Gasteiger partial charge in [0.1, 0.15) is 0 Å². The molecule has 0 N–H and O–H groups in total. The summed E-state index contributed by atoms with van der Waals surface area (Å²) in [6, 6.07) is 118. The predicted molar refractivity (Wildman–Crippen MR) is 375 cm³/mol. The summed E-state index contributed by atoms with van der Waals surface area (Å²) in [6.45, 7) is 0. The van der Waals surface area contributed by atoms with Gasteiger partial charge in [-0.3, -0.25) is 0 Å². The molecule has 0 aliphatic heterocycles. The molecule has 0 spiro atoms. The average Bonchev–Trinajstić information content (AvgIpc) is 1.27. The van der Waals surface area contributed by atoms with Crippen molar-refractivity contribution in [2.45, 2.75) is 0 Å². The minimum Gasteiger partial charge on any atom is -0.309 e. The first kappa shape index (κ1) is 48.8. The Kier molecular flexibility index (Phi) is 10.5. The van der Waals surface area contributed by atoms with Gasteiger partial charge in [-0.25, -0.2) is 0 Å². The molecule has 19 aromatic rings. The normalized spacial score (nSPS) is 12.1. The summed E-state index contributed by atoms with van der Waals surface area (Å²) in [7, 11) is 0. The molecule has 2 heteroatoms. The van der Waals surface area contributed by atoms with E-state index >= 15 is 0 Å². The molecule has 0 aliphatic rings. The Hall–Kier alpha value is -11.6. The SMILES string of the molecule is c1ccc(-c2ccc(-c3ccccc3)n2-c2cc(-c3ccc4c5cccc6cccc(c7cccc3c74)c65)c3cc4cc(-n5c(-c6ccccc6)ccc5-c5ccccc5)cc(-c5ccc6c7cccc8cccc(c9cccc5c96)c87)c4cc3c2)cc1. The maximum atomic E-state index is 2.52. The fraction of sp³-hybridized carbons (Fsp3) is 0. The Morgan fingerprint density at radius 2 is 0.443 bits per heavy atom. The molecular weight excluding hydrogens is 1060 g/mol. The minimum atomic E-state index is 1.10. The van der Waals surface area contributed by atoms with E-state index in [1.165, 1.54) is 119 Å². The van der Waals surface area contributed by atoms with Gasteiger partial charge in [-0.2, -0.15) is 0 Å². The molecule has 406 valence electrons. The standard InChI is InChI=1S/C86H52N2/c1-5-19-53(20-6-1)79-43-44-80(54-21-7-2-8-22-54)87(79)61-47-59-49-76-60(50-75(59)77(51-61)63-39-41-73-69-33-15-29-57-27-13-31-67(83(57)69)71-37-17-35-65(63)85(71)73)48-62(88-81(55-23-9-3-10-24-55)45-46-82(88)56-25-11-4-12-26-56)52-78(76)64-40-42-74-70-34-16-30-58-28-14-32-68(84(58)70)72-38-18-36-66(64)86(72)74/h1-52H. The average molecular weight is 1110 g/mol. The van der Waals surface area contributed by atoms with Crippen molar-refractivity contribution in [3.63, 3.8) is 0 Å². The summed E-state index contributed by atoms with van der Waals surface area (Å²) in [5.41, 5.74) is 16.1. The smallest absolute Gasteiger partial charge is 0.0535 e. The molecule has 0 saturated carbocycles. The Morgan fingerprint density at radius 1 is 0.159 bits per heavy atom. The fourth-order valence-electron chi connectivity index (χ4n) is 15.4. The van der Waals surface area contributed by atoms with E-state index in [0.29, 0.717) is 0 Å². The Morgan fingerprint density at radius 3 is 0.773 bits per heavy atom.